The number of rotatable bonds is 8. The van der Waals surface area contributed by atoms with Crippen LogP contribution in [0.4, 0.5) is 4.39 Å². The lowest BCUT2D eigenvalue weighted by atomic mass is 10.2. The van der Waals surface area contributed by atoms with E-state index in [2.05, 4.69) is 14.8 Å². The van der Waals surface area contributed by atoms with Gasteiger partial charge >= 0.3 is 0 Å². The Morgan fingerprint density at radius 1 is 1.17 bits per heavy atom. The molecule has 3 rings (SSSR count). The number of pyridine rings is 1. The Morgan fingerprint density at radius 3 is 2.62 bits per heavy atom. The first-order valence-electron chi connectivity index (χ1n) is 8.45. The van der Waals surface area contributed by atoms with Gasteiger partial charge in [-0.2, -0.15) is 5.10 Å². The van der Waals surface area contributed by atoms with Gasteiger partial charge < -0.3 is 14.2 Å². The Kier molecular flexibility index (Phi) is 6.55. The number of aromatic nitrogens is 3. The summed E-state index contributed by atoms with van der Waals surface area (Å²) in [4.78, 5) is 17.1. The standard InChI is InChI=1S/C19H19FN4O4S/c1-26-15-10-16(27-2)17(9-13(15)20)29-23-18(25)14-6-5-12(19(22-14)28-3)11-24-8-4-7-21-24/h4-10H,11H2,1-3H3,(H,23,25). The van der Waals surface area contributed by atoms with Gasteiger partial charge in [0.25, 0.3) is 5.91 Å². The number of methoxy groups -OCH3 is 3. The van der Waals surface area contributed by atoms with Crippen LogP contribution in [0.15, 0.2) is 47.6 Å². The quantitative estimate of drug-likeness (QED) is 0.563. The molecule has 0 saturated carbocycles. The second-order valence-electron chi connectivity index (χ2n) is 5.74. The first kappa shape index (κ1) is 20.5. The molecule has 8 nitrogen and oxygen atoms in total. The number of nitrogens with zero attached hydrogens (tertiary/aromatic N) is 3. The van der Waals surface area contributed by atoms with Gasteiger partial charge in [0.05, 0.1) is 32.8 Å². The van der Waals surface area contributed by atoms with Crippen LogP contribution < -0.4 is 18.9 Å². The Bertz CT molecular complexity index is 998. The van der Waals surface area contributed by atoms with Gasteiger partial charge in [0.2, 0.25) is 5.88 Å². The molecule has 152 valence electrons. The molecule has 0 aliphatic rings. The molecule has 0 bridgehead atoms. The van der Waals surface area contributed by atoms with Crippen molar-refractivity contribution >= 4 is 17.9 Å². The highest BCUT2D eigenvalue weighted by atomic mass is 32.2. The van der Waals surface area contributed by atoms with Crippen molar-refractivity contribution in [3.63, 3.8) is 0 Å². The molecule has 1 N–H and O–H groups in total. The van der Waals surface area contributed by atoms with Crippen LogP contribution in [0.25, 0.3) is 0 Å². The lowest BCUT2D eigenvalue weighted by Gasteiger charge is -2.12. The second kappa shape index (κ2) is 9.28. The normalized spacial score (nSPS) is 10.5. The summed E-state index contributed by atoms with van der Waals surface area (Å²) in [5.74, 6) is -0.276. The summed E-state index contributed by atoms with van der Waals surface area (Å²) in [7, 11) is 4.29. The molecule has 2 heterocycles. The summed E-state index contributed by atoms with van der Waals surface area (Å²) in [5.41, 5.74) is 0.936. The molecule has 1 aromatic carbocycles. The molecule has 0 unspecified atom stereocenters. The smallest absolute Gasteiger partial charge is 0.280 e. The van der Waals surface area contributed by atoms with E-state index < -0.39 is 11.7 Å². The van der Waals surface area contributed by atoms with E-state index >= 15 is 0 Å². The van der Waals surface area contributed by atoms with E-state index in [9.17, 15) is 9.18 Å². The Labute approximate surface area is 171 Å². The summed E-state index contributed by atoms with van der Waals surface area (Å²) in [6.07, 6.45) is 3.49. The fourth-order valence-corrected chi connectivity index (χ4v) is 3.24. The lowest BCUT2D eigenvalue weighted by Crippen LogP contribution is -2.18. The first-order valence-corrected chi connectivity index (χ1v) is 9.27. The summed E-state index contributed by atoms with van der Waals surface area (Å²) in [6, 6.07) is 7.79. The minimum atomic E-state index is -0.562. The van der Waals surface area contributed by atoms with Crippen molar-refractivity contribution < 1.29 is 23.4 Å². The molecule has 29 heavy (non-hydrogen) atoms. The van der Waals surface area contributed by atoms with E-state index in [1.807, 2.05) is 12.3 Å². The van der Waals surface area contributed by atoms with E-state index in [1.165, 1.54) is 33.5 Å². The van der Waals surface area contributed by atoms with Crippen LogP contribution >= 0.6 is 11.9 Å². The number of carbonyl (C=O) groups excluding carboxylic acids is 1. The summed E-state index contributed by atoms with van der Waals surface area (Å²) < 4.78 is 33.8. The van der Waals surface area contributed by atoms with E-state index in [4.69, 9.17) is 14.2 Å². The minimum Gasteiger partial charge on any atom is -0.495 e. The maximum atomic E-state index is 14.0. The molecule has 0 aliphatic heterocycles. The monoisotopic (exact) mass is 418 g/mol. The third-order valence-corrected chi connectivity index (χ3v) is 4.77. The van der Waals surface area contributed by atoms with Crippen LogP contribution in [0.2, 0.25) is 0 Å². The van der Waals surface area contributed by atoms with E-state index in [0.29, 0.717) is 23.1 Å². The van der Waals surface area contributed by atoms with Gasteiger partial charge in [-0.3, -0.25) is 14.2 Å². The topological polar surface area (TPSA) is 87.5 Å². The molecule has 3 aromatic rings. The average molecular weight is 418 g/mol. The third kappa shape index (κ3) is 4.77. The van der Waals surface area contributed by atoms with Gasteiger partial charge in [0.15, 0.2) is 11.6 Å². The predicted octanol–water partition coefficient (Wildman–Crippen LogP) is 2.93. The fourth-order valence-electron chi connectivity index (χ4n) is 2.53. The van der Waals surface area contributed by atoms with Crippen molar-refractivity contribution in [3.8, 4) is 17.4 Å². The van der Waals surface area contributed by atoms with E-state index in [0.717, 1.165) is 17.5 Å². The second-order valence-corrected chi connectivity index (χ2v) is 6.59. The molecule has 0 fully saturated rings. The van der Waals surface area contributed by atoms with Crippen molar-refractivity contribution in [2.24, 2.45) is 0 Å². The molecule has 0 aliphatic carbocycles. The highest BCUT2D eigenvalue weighted by molar-refractivity contribution is 7.98. The number of carbonyl (C=O) groups is 1. The average Bonchev–Trinajstić information content (AvgIpc) is 3.25. The van der Waals surface area contributed by atoms with Gasteiger partial charge in [0.1, 0.15) is 11.4 Å². The number of ether oxygens (including phenoxy) is 3. The maximum absolute atomic E-state index is 14.0. The number of nitrogens with one attached hydrogen (secondary N) is 1. The molecule has 2 aromatic heterocycles. The number of amides is 1. The largest absolute Gasteiger partial charge is 0.495 e. The molecular formula is C19H19FN4O4S. The molecule has 0 atom stereocenters. The van der Waals surface area contributed by atoms with Crippen LogP contribution in [0.3, 0.4) is 0 Å². The van der Waals surface area contributed by atoms with Crippen molar-refractivity contribution in [2.45, 2.75) is 11.4 Å². The predicted molar refractivity (Wildman–Crippen MR) is 105 cm³/mol. The van der Waals surface area contributed by atoms with Crippen molar-refractivity contribution in [2.75, 3.05) is 21.3 Å². The zero-order valence-electron chi connectivity index (χ0n) is 16.0. The highest BCUT2D eigenvalue weighted by Crippen LogP contribution is 2.33. The van der Waals surface area contributed by atoms with Gasteiger partial charge in [-0.15, -0.1) is 0 Å². The lowest BCUT2D eigenvalue weighted by molar-refractivity contribution is 0.0978. The van der Waals surface area contributed by atoms with E-state index in [1.54, 1.807) is 23.0 Å². The maximum Gasteiger partial charge on any atom is 0.280 e. The van der Waals surface area contributed by atoms with E-state index in [-0.39, 0.29) is 11.4 Å². The molecule has 0 radical (unpaired) electrons. The Hall–Kier alpha value is -3.27. The van der Waals surface area contributed by atoms with Crippen molar-refractivity contribution in [3.05, 3.63) is 59.8 Å². The number of hydrogen-bond acceptors (Lipinski definition) is 7. The number of halogens is 1. The van der Waals surface area contributed by atoms with Gasteiger partial charge in [-0.25, -0.2) is 9.37 Å². The van der Waals surface area contributed by atoms with Crippen molar-refractivity contribution in [1.29, 1.82) is 0 Å². The fraction of sp³-hybridized carbons (Fsp3) is 0.211. The van der Waals surface area contributed by atoms with Crippen LogP contribution in [0.1, 0.15) is 16.1 Å². The third-order valence-electron chi connectivity index (χ3n) is 3.95. The van der Waals surface area contributed by atoms with Crippen LogP contribution in [-0.4, -0.2) is 42.0 Å². The zero-order valence-corrected chi connectivity index (χ0v) is 16.8. The molecule has 0 spiro atoms. The summed E-state index contributed by atoms with van der Waals surface area (Å²) in [5, 5.41) is 4.14. The molecule has 1 amide bonds. The molecule has 0 saturated heterocycles. The van der Waals surface area contributed by atoms with Crippen LogP contribution in [0, 0.1) is 5.82 Å². The zero-order chi connectivity index (χ0) is 20.8. The summed E-state index contributed by atoms with van der Waals surface area (Å²) in [6.45, 7) is 0.460. The molecule has 10 heteroatoms. The number of benzene rings is 1. The minimum absolute atomic E-state index is 0.0525. The van der Waals surface area contributed by atoms with Gasteiger partial charge in [-0.05, 0) is 36.2 Å². The Balaban J connectivity index is 1.73. The first-order chi connectivity index (χ1) is 14.0. The SMILES string of the molecule is COc1cc(OC)c(SNC(=O)c2ccc(Cn3cccn3)c(OC)n2)cc1F. The van der Waals surface area contributed by atoms with Gasteiger partial charge in [0, 0.05) is 24.0 Å². The van der Waals surface area contributed by atoms with Crippen LogP contribution in [-0.2, 0) is 6.54 Å². The molecular weight excluding hydrogens is 399 g/mol. The summed E-state index contributed by atoms with van der Waals surface area (Å²) >= 11 is 0.914. The Morgan fingerprint density at radius 2 is 1.97 bits per heavy atom. The van der Waals surface area contributed by atoms with Crippen molar-refractivity contribution in [1.82, 2.24) is 19.5 Å². The highest BCUT2D eigenvalue weighted by Gasteiger charge is 2.16. The number of hydrogen-bond donors (Lipinski definition) is 1. The van der Waals surface area contributed by atoms with Gasteiger partial charge in [-0.1, -0.05) is 0 Å². The van der Waals surface area contributed by atoms with Crippen LogP contribution in [0.5, 0.6) is 17.4 Å².